The van der Waals surface area contributed by atoms with Gasteiger partial charge in [-0.1, -0.05) is 6.42 Å². The highest BCUT2D eigenvalue weighted by molar-refractivity contribution is 5.76. The summed E-state index contributed by atoms with van der Waals surface area (Å²) in [6, 6.07) is 0.0485. The molecule has 0 aromatic heterocycles. The molecule has 2 heterocycles. The standard InChI is InChI=1S/C15H26N2O2/c1-19-15(18)14-13-4-2-3-12(13)10-17(14)9-11-5-7-16-8-6-11/h11-14,16H,2-10H2,1H3. The van der Waals surface area contributed by atoms with Gasteiger partial charge < -0.3 is 10.1 Å². The summed E-state index contributed by atoms with van der Waals surface area (Å²) in [5.41, 5.74) is 0. The molecule has 1 N–H and O–H groups in total. The molecule has 3 rings (SSSR count). The van der Waals surface area contributed by atoms with Gasteiger partial charge in [0.15, 0.2) is 0 Å². The van der Waals surface area contributed by atoms with Crippen LogP contribution in [0.2, 0.25) is 0 Å². The number of methoxy groups -OCH3 is 1. The molecule has 0 bridgehead atoms. The van der Waals surface area contributed by atoms with Crippen molar-refractivity contribution in [3.8, 4) is 0 Å². The fraction of sp³-hybridized carbons (Fsp3) is 0.933. The van der Waals surface area contributed by atoms with Gasteiger partial charge in [-0.25, -0.2) is 0 Å². The minimum Gasteiger partial charge on any atom is -0.468 e. The quantitative estimate of drug-likeness (QED) is 0.781. The van der Waals surface area contributed by atoms with Crippen molar-refractivity contribution >= 4 is 5.97 Å². The number of esters is 1. The molecule has 3 fully saturated rings. The van der Waals surface area contributed by atoms with E-state index >= 15 is 0 Å². The minimum absolute atomic E-state index is 0.00309. The zero-order valence-corrected chi connectivity index (χ0v) is 11.9. The van der Waals surface area contributed by atoms with Crippen molar-refractivity contribution in [1.82, 2.24) is 10.2 Å². The van der Waals surface area contributed by atoms with Crippen molar-refractivity contribution in [2.75, 3.05) is 33.3 Å². The first-order chi connectivity index (χ1) is 9.29. The van der Waals surface area contributed by atoms with Gasteiger partial charge in [-0.15, -0.1) is 0 Å². The van der Waals surface area contributed by atoms with Gasteiger partial charge in [0.1, 0.15) is 6.04 Å². The molecular formula is C15H26N2O2. The fourth-order valence-corrected chi connectivity index (χ4v) is 4.42. The Hall–Kier alpha value is -0.610. The van der Waals surface area contributed by atoms with Crippen molar-refractivity contribution in [1.29, 1.82) is 0 Å². The van der Waals surface area contributed by atoms with Gasteiger partial charge in [0.05, 0.1) is 7.11 Å². The predicted molar refractivity (Wildman–Crippen MR) is 73.8 cm³/mol. The van der Waals surface area contributed by atoms with Gasteiger partial charge in [-0.05, 0) is 56.5 Å². The molecule has 0 spiro atoms. The molecule has 0 radical (unpaired) electrons. The largest absolute Gasteiger partial charge is 0.468 e. The van der Waals surface area contributed by atoms with E-state index in [1.807, 2.05) is 0 Å². The number of rotatable bonds is 3. The first-order valence-electron chi connectivity index (χ1n) is 7.82. The van der Waals surface area contributed by atoms with E-state index < -0.39 is 0 Å². The Morgan fingerprint density at radius 1 is 1.26 bits per heavy atom. The monoisotopic (exact) mass is 266 g/mol. The number of carbonyl (C=O) groups excluding carboxylic acids is 1. The number of piperidine rings is 1. The molecule has 4 heteroatoms. The number of hydrogen-bond donors (Lipinski definition) is 1. The SMILES string of the molecule is COC(=O)C1C2CCCC2CN1CC1CCNCC1. The maximum Gasteiger partial charge on any atom is 0.323 e. The highest BCUT2D eigenvalue weighted by atomic mass is 16.5. The second-order valence-electron chi connectivity index (χ2n) is 6.47. The Balaban J connectivity index is 1.66. The summed E-state index contributed by atoms with van der Waals surface area (Å²) >= 11 is 0. The second kappa shape index (κ2) is 5.80. The van der Waals surface area contributed by atoms with Gasteiger partial charge in [0, 0.05) is 13.1 Å². The van der Waals surface area contributed by atoms with Crippen LogP contribution in [0.15, 0.2) is 0 Å². The summed E-state index contributed by atoms with van der Waals surface area (Å²) in [4.78, 5) is 14.6. The number of nitrogens with zero attached hydrogens (tertiary/aromatic N) is 1. The van der Waals surface area contributed by atoms with E-state index in [2.05, 4.69) is 10.2 Å². The second-order valence-corrected chi connectivity index (χ2v) is 6.47. The first-order valence-corrected chi connectivity index (χ1v) is 7.82. The third-order valence-corrected chi connectivity index (χ3v) is 5.38. The number of nitrogens with one attached hydrogen (secondary N) is 1. The smallest absolute Gasteiger partial charge is 0.323 e. The van der Waals surface area contributed by atoms with Crippen LogP contribution in [0.3, 0.4) is 0 Å². The van der Waals surface area contributed by atoms with Crippen LogP contribution in [0.1, 0.15) is 32.1 Å². The lowest BCUT2D eigenvalue weighted by Gasteiger charge is -2.31. The highest BCUT2D eigenvalue weighted by Crippen LogP contribution is 2.43. The molecule has 1 aliphatic carbocycles. The van der Waals surface area contributed by atoms with Crippen LogP contribution in [-0.4, -0.2) is 50.2 Å². The minimum atomic E-state index is 0.00309. The van der Waals surface area contributed by atoms with Gasteiger partial charge in [0.2, 0.25) is 0 Å². The highest BCUT2D eigenvalue weighted by Gasteiger charge is 2.48. The van der Waals surface area contributed by atoms with Crippen LogP contribution in [-0.2, 0) is 9.53 Å². The molecule has 3 aliphatic rings. The number of fused-ring (bicyclic) bond motifs is 1. The molecule has 2 aliphatic heterocycles. The molecule has 0 aromatic carbocycles. The van der Waals surface area contributed by atoms with Crippen LogP contribution in [0.5, 0.6) is 0 Å². The molecule has 0 aromatic rings. The van der Waals surface area contributed by atoms with E-state index in [-0.39, 0.29) is 12.0 Å². The predicted octanol–water partition coefficient (Wildman–Crippen LogP) is 1.26. The lowest BCUT2D eigenvalue weighted by Crippen LogP contribution is -2.44. The van der Waals surface area contributed by atoms with Gasteiger partial charge >= 0.3 is 5.97 Å². The third kappa shape index (κ3) is 2.65. The fourth-order valence-electron chi connectivity index (χ4n) is 4.42. The molecule has 108 valence electrons. The number of hydrogen-bond acceptors (Lipinski definition) is 4. The molecule has 1 saturated carbocycles. The van der Waals surface area contributed by atoms with E-state index in [0.717, 1.165) is 38.0 Å². The summed E-state index contributed by atoms with van der Waals surface area (Å²) < 4.78 is 5.07. The average molecular weight is 266 g/mol. The number of ether oxygens (including phenoxy) is 1. The molecule has 2 saturated heterocycles. The van der Waals surface area contributed by atoms with Crippen LogP contribution in [0, 0.1) is 17.8 Å². The maximum absolute atomic E-state index is 12.1. The Labute approximate surface area is 115 Å². The van der Waals surface area contributed by atoms with Crippen LogP contribution in [0.4, 0.5) is 0 Å². The van der Waals surface area contributed by atoms with E-state index in [4.69, 9.17) is 4.74 Å². The van der Waals surface area contributed by atoms with Gasteiger partial charge in [-0.3, -0.25) is 9.69 Å². The first kappa shape index (κ1) is 13.4. The topological polar surface area (TPSA) is 41.6 Å². The summed E-state index contributed by atoms with van der Waals surface area (Å²) in [5.74, 6) is 2.07. The number of carbonyl (C=O) groups is 1. The summed E-state index contributed by atoms with van der Waals surface area (Å²) in [6.07, 6.45) is 6.32. The van der Waals surface area contributed by atoms with Crippen LogP contribution >= 0.6 is 0 Å². The van der Waals surface area contributed by atoms with E-state index in [1.165, 1.54) is 39.2 Å². The Morgan fingerprint density at radius 2 is 2.05 bits per heavy atom. The van der Waals surface area contributed by atoms with Crippen molar-refractivity contribution in [3.63, 3.8) is 0 Å². The third-order valence-electron chi connectivity index (χ3n) is 5.38. The summed E-state index contributed by atoms with van der Waals surface area (Å²) in [5, 5.41) is 3.41. The molecule has 19 heavy (non-hydrogen) atoms. The molecular weight excluding hydrogens is 240 g/mol. The van der Waals surface area contributed by atoms with Crippen LogP contribution in [0.25, 0.3) is 0 Å². The van der Waals surface area contributed by atoms with Gasteiger partial charge in [0.25, 0.3) is 0 Å². The molecule has 4 nitrogen and oxygen atoms in total. The molecule has 3 atom stereocenters. The number of likely N-dealkylation sites (tertiary alicyclic amines) is 1. The Bertz CT molecular complexity index is 328. The molecule has 3 unspecified atom stereocenters. The van der Waals surface area contributed by atoms with Crippen molar-refractivity contribution < 1.29 is 9.53 Å². The average Bonchev–Trinajstić information content (AvgIpc) is 2.99. The van der Waals surface area contributed by atoms with Crippen LogP contribution < -0.4 is 5.32 Å². The zero-order valence-electron chi connectivity index (χ0n) is 11.9. The van der Waals surface area contributed by atoms with Crippen molar-refractivity contribution in [3.05, 3.63) is 0 Å². The van der Waals surface area contributed by atoms with Gasteiger partial charge in [-0.2, -0.15) is 0 Å². The van der Waals surface area contributed by atoms with E-state index in [0.29, 0.717) is 5.92 Å². The molecule has 0 amide bonds. The lowest BCUT2D eigenvalue weighted by molar-refractivity contribution is -0.147. The lowest BCUT2D eigenvalue weighted by atomic mass is 9.93. The van der Waals surface area contributed by atoms with Crippen molar-refractivity contribution in [2.24, 2.45) is 17.8 Å². The van der Waals surface area contributed by atoms with Crippen molar-refractivity contribution in [2.45, 2.75) is 38.1 Å². The summed E-state index contributed by atoms with van der Waals surface area (Å²) in [6.45, 7) is 4.48. The van der Waals surface area contributed by atoms with E-state index in [1.54, 1.807) is 0 Å². The van der Waals surface area contributed by atoms with E-state index in [9.17, 15) is 4.79 Å². The Kier molecular flexibility index (Phi) is 4.08. The zero-order chi connectivity index (χ0) is 13.2. The maximum atomic E-state index is 12.1. The summed E-state index contributed by atoms with van der Waals surface area (Å²) in [7, 11) is 1.54. The Morgan fingerprint density at radius 3 is 2.79 bits per heavy atom. The normalized spacial score (nSPS) is 36.4.